The van der Waals surface area contributed by atoms with Gasteiger partial charge in [-0.2, -0.15) is 0 Å². The first-order chi connectivity index (χ1) is 15.3. The Hall–Kier alpha value is -3.87. The molecule has 1 unspecified atom stereocenters. The Balaban J connectivity index is 1.65. The highest BCUT2D eigenvalue weighted by molar-refractivity contribution is 5.98. The van der Waals surface area contributed by atoms with Gasteiger partial charge in [0.05, 0.1) is 12.6 Å². The normalized spacial score (nSPS) is 15.7. The first kappa shape index (κ1) is 20.1. The summed E-state index contributed by atoms with van der Waals surface area (Å²) in [6, 6.07) is 15.0. The molecule has 2 aromatic heterocycles. The van der Waals surface area contributed by atoms with Gasteiger partial charge in [-0.15, -0.1) is 0 Å². The van der Waals surface area contributed by atoms with Crippen LogP contribution in [0.25, 0.3) is 21.7 Å². The highest BCUT2D eigenvalue weighted by Crippen LogP contribution is 2.35. The number of carbonyl (C=O) groups is 2. The highest BCUT2D eigenvalue weighted by Gasteiger charge is 2.34. The van der Waals surface area contributed by atoms with Crippen molar-refractivity contribution in [3.63, 3.8) is 0 Å². The Labute approximate surface area is 184 Å². The molecule has 4 aromatic rings. The number of nitrogens with one attached hydrogen (secondary N) is 2. The number of likely N-dealkylation sites (N-methyl/N-ethyl adjacent to an activating group) is 1. The minimum Gasteiger partial charge on any atom is -0.351 e. The molecule has 0 bridgehead atoms. The summed E-state index contributed by atoms with van der Waals surface area (Å²) in [6.45, 7) is 4.12. The minimum atomic E-state index is -0.399. The molecular weight excluding hydrogens is 404 g/mol. The molecule has 162 valence electrons. The van der Waals surface area contributed by atoms with Crippen LogP contribution in [0.3, 0.4) is 0 Å². The van der Waals surface area contributed by atoms with Crippen LogP contribution in [0.1, 0.15) is 40.3 Å². The Bertz CT molecular complexity index is 1420. The van der Waals surface area contributed by atoms with E-state index in [1.54, 1.807) is 16.8 Å². The van der Waals surface area contributed by atoms with Crippen LogP contribution in [0.5, 0.6) is 0 Å². The number of hydrogen-bond donors (Lipinski definition) is 2. The maximum atomic E-state index is 13.5. The predicted molar refractivity (Wildman–Crippen MR) is 124 cm³/mol. The lowest BCUT2D eigenvalue weighted by Gasteiger charge is -2.39. The van der Waals surface area contributed by atoms with Gasteiger partial charge in [0, 0.05) is 48.1 Å². The van der Waals surface area contributed by atoms with Crippen molar-refractivity contribution in [3.8, 4) is 0 Å². The summed E-state index contributed by atoms with van der Waals surface area (Å²) < 4.78 is 0. The lowest BCUT2D eigenvalue weighted by atomic mass is 9.92. The van der Waals surface area contributed by atoms with Crippen molar-refractivity contribution in [1.82, 2.24) is 19.8 Å². The van der Waals surface area contributed by atoms with Crippen molar-refractivity contribution in [2.45, 2.75) is 26.4 Å². The summed E-state index contributed by atoms with van der Waals surface area (Å²) in [5.74, 6) is -0.272. The number of pyridine rings is 1. The zero-order valence-electron chi connectivity index (χ0n) is 18.2. The smallest absolute Gasteiger partial charge is 0.270 e. The van der Waals surface area contributed by atoms with Crippen LogP contribution >= 0.6 is 0 Å². The van der Waals surface area contributed by atoms with E-state index in [4.69, 9.17) is 0 Å². The molecule has 1 aliphatic rings. The minimum absolute atomic E-state index is 0.100. The van der Waals surface area contributed by atoms with Gasteiger partial charge in [0.25, 0.3) is 11.5 Å². The Morgan fingerprint density at radius 3 is 2.59 bits per heavy atom. The quantitative estimate of drug-likeness (QED) is 0.512. The molecule has 2 aromatic carbocycles. The predicted octanol–water partition coefficient (Wildman–Crippen LogP) is 3.49. The molecule has 0 spiro atoms. The number of aryl methyl sites for hydroxylation is 1. The average Bonchev–Trinajstić information content (AvgIpc) is 3.21. The topological polar surface area (TPSA) is 89.3 Å². The monoisotopic (exact) mass is 428 g/mol. The van der Waals surface area contributed by atoms with Gasteiger partial charge in [0.15, 0.2) is 0 Å². The zero-order valence-corrected chi connectivity index (χ0v) is 18.2. The third-order valence-corrected chi connectivity index (χ3v) is 6.37. The van der Waals surface area contributed by atoms with E-state index in [9.17, 15) is 14.4 Å². The Kier molecular flexibility index (Phi) is 4.62. The van der Waals surface area contributed by atoms with Gasteiger partial charge in [-0.1, -0.05) is 35.9 Å². The number of para-hydroxylation sites is 1. The summed E-state index contributed by atoms with van der Waals surface area (Å²) in [6.07, 6.45) is 0. The second-order valence-electron chi connectivity index (χ2n) is 8.50. The van der Waals surface area contributed by atoms with Gasteiger partial charge in [0.2, 0.25) is 5.91 Å². The Morgan fingerprint density at radius 2 is 1.84 bits per heavy atom. The molecule has 0 saturated heterocycles. The molecule has 1 aliphatic heterocycles. The van der Waals surface area contributed by atoms with Gasteiger partial charge < -0.3 is 19.8 Å². The maximum Gasteiger partial charge on any atom is 0.270 e. The molecule has 2 N–H and O–H groups in total. The van der Waals surface area contributed by atoms with Crippen LogP contribution in [0.2, 0.25) is 0 Å². The van der Waals surface area contributed by atoms with Gasteiger partial charge in [-0.3, -0.25) is 14.4 Å². The molecule has 1 atom stereocenters. The number of rotatable bonds is 2. The van der Waals surface area contributed by atoms with Gasteiger partial charge in [0.1, 0.15) is 5.69 Å². The molecule has 3 heterocycles. The number of fused-ring (bicyclic) bond motifs is 4. The lowest BCUT2D eigenvalue weighted by molar-refractivity contribution is -0.130. The highest BCUT2D eigenvalue weighted by atomic mass is 16.2. The van der Waals surface area contributed by atoms with Crippen LogP contribution in [-0.4, -0.2) is 45.2 Å². The number of H-pyrrole nitrogens is 2. The van der Waals surface area contributed by atoms with E-state index >= 15 is 0 Å². The fourth-order valence-electron chi connectivity index (χ4n) is 4.65. The second-order valence-corrected chi connectivity index (χ2v) is 8.50. The van der Waals surface area contributed by atoms with E-state index in [2.05, 4.69) is 9.97 Å². The van der Waals surface area contributed by atoms with Crippen molar-refractivity contribution >= 4 is 33.5 Å². The first-order valence-electron chi connectivity index (χ1n) is 10.6. The number of aromatic amines is 2. The molecule has 7 nitrogen and oxygen atoms in total. The third-order valence-electron chi connectivity index (χ3n) is 6.37. The number of benzene rings is 2. The van der Waals surface area contributed by atoms with Crippen molar-refractivity contribution in [2.75, 3.05) is 13.6 Å². The number of carbonyl (C=O) groups excluding carboxylic acids is 2. The zero-order chi connectivity index (χ0) is 22.6. The second kappa shape index (κ2) is 7.37. The first-order valence-corrected chi connectivity index (χ1v) is 10.6. The summed E-state index contributed by atoms with van der Waals surface area (Å²) in [5.41, 5.74) is 3.75. The Morgan fingerprint density at radius 1 is 1.06 bits per heavy atom. The number of aromatic nitrogens is 2. The SMILES string of the molecule is CC(=O)N1Cc2[nH]c(=O)c3cc(C)ccc3c2C(N(C)C(=O)c2cc3ccccc3[nH]2)C1. The van der Waals surface area contributed by atoms with E-state index in [0.717, 1.165) is 27.4 Å². The van der Waals surface area contributed by atoms with Crippen LogP contribution < -0.4 is 5.56 Å². The number of amides is 2. The molecule has 0 aliphatic carbocycles. The van der Waals surface area contributed by atoms with Gasteiger partial charge in [-0.05, 0) is 30.5 Å². The molecule has 2 amide bonds. The van der Waals surface area contributed by atoms with E-state index in [0.29, 0.717) is 29.9 Å². The maximum absolute atomic E-state index is 13.5. The molecule has 32 heavy (non-hydrogen) atoms. The van der Waals surface area contributed by atoms with Crippen molar-refractivity contribution in [1.29, 1.82) is 0 Å². The molecule has 0 fully saturated rings. The van der Waals surface area contributed by atoms with E-state index in [-0.39, 0.29) is 17.4 Å². The summed E-state index contributed by atoms with van der Waals surface area (Å²) in [4.78, 5) is 48.0. The third kappa shape index (κ3) is 3.17. The molecule has 7 heteroatoms. The fraction of sp³-hybridized carbons (Fsp3) is 0.240. The van der Waals surface area contributed by atoms with Crippen molar-refractivity contribution < 1.29 is 9.59 Å². The van der Waals surface area contributed by atoms with Crippen LogP contribution in [0, 0.1) is 6.92 Å². The summed E-state index contributed by atoms with van der Waals surface area (Å²) in [7, 11) is 1.75. The van der Waals surface area contributed by atoms with E-state index in [1.807, 2.05) is 55.5 Å². The van der Waals surface area contributed by atoms with E-state index < -0.39 is 6.04 Å². The largest absolute Gasteiger partial charge is 0.351 e. The van der Waals surface area contributed by atoms with Crippen molar-refractivity contribution in [2.24, 2.45) is 0 Å². The van der Waals surface area contributed by atoms with Crippen molar-refractivity contribution in [3.05, 3.63) is 81.4 Å². The molecule has 5 rings (SSSR count). The molecule has 0 radical (unpaired) electrons. The van der Waals surface area contributed by atoms with Gasteiger partial charge >= 0.3 is 0 Å². The summed E-state index contributed by atoms with van der Waals surface area (Å²) >= 11 is 0. The molecular formula is C25H24N4O3. The average molecular weight is 428 g/mol. The van der Waals surface area contributed by atoms with E-state index in [1.165, 1.54) is 6.92 Å². The lowest BCUT2D eigenvalue weighted by Crippen LogP contribution is -2.45. The fourth-order valence-corrected chi connectivity index (χ4v) is 4.65. The number of hydrogen-bond acceptors (Lipinski definition) is 3. The summed E-state index contributed by atoms with van der Waals surface area (Å²) in [5, 5.41) is 2.37. The van der Waals surface area contributed by atoms with Crippen LogP contribution in [0.15, 0.2) is 53.3 Å². The number of nitrogens with zero attached hydrogens (tertiary/aromatic N) is 2. The van der Waals surface area contributed by atoms with Gasteiger partial charge in [-0.25, -0.2) is 0 Å². The standard InChI is InChI=1S/C25H24N4O3/c1-14-8-9-17-18(10-14)24(31)27-21-12-29(15(2)30)13-22(23(17)21)28(3)25(32)20-11-16-6-4-5-7-19(16)26-20/h4-11,22,26H,12-13H2,1-3H3,(H,27,31). The molecule has 0 saturated carbocycles. The van der Waals surface area contributed by atoms with Crippen LogP contribution in [0.4, 0.5) is 0 Å². The van der Waals surface area contributed by atoms with Crippen LogP contribution in [-0.2, 0) is 11.3 Å².